The zero-order valence-electron chi connectivity index (χ0n) is 14.8. The van der Waals surface area contributed by atoms with Gasteiger partial charge in [-0.15, -0.1) is 11.8 Å². The number of halogens is 1. The van der Waals surface area contributed by atoms with E-state index in [2.05, 4.69) is 39.4 Å². The van der Waals surface area contributed by atoms with Crippen LogP contribution in [0.25, 0.3) is 0 Å². The van der Waals surface area contributed by atoms with E-state index in [1.807, 2.05) is 42.5 Å². The van der Waals surface area contributed by atoms with E-state index in [1.54, 1.807) is 18.0 Å². The van der Waals surface area contributed by atoms with Crippen molar-refractivity contribution in [1.82, 2.24) is 5.43 Å². The van der Waals surface area contributed by atoms with Gasteiger partial charge in [0.25, 0.3) is 0 Å². The monoisotopic (exact) mass is 434 g/mol. The summed E-state index contributed by atoms with van der Waals surface area (Å²) in [6, 6.07) is 15.7. The molecule has 2 aromatic rings. The number of amides is 1. The smallest absolute Gasteiger partial charge is 0.250 e. The van der Waals surface area contributed by atoms with Crippen LogP contribution in [-0.2, 0) is 10.5 Å². The maximum Gasteiger partial charge on any atom is 0.250 e. The molecule has 0 aliphatic carbocycles. The highest BCUT2D eigenvalue weighted by Gasteiger charge is 2.01. The maximum atomic E-state index is 11.8. The molecule has 0 aliphatic rings. The quantitative estimate of drug-likeness (QED) is 0.324. The van der Waals surface area contributed by atoms with Gasteiger partial charge >= 0.3 is 0 Å². The van der Waals surface area contributed by atoms with Crippen LogP contribution in [0.4, 0.5) is 0 Å². The lowest BCUT2D eigenvalue weighted by molar-refractivity contribution is -0.118. The number of carbonyl (C=O) groups excluding carboxylic acids is 1. The van der Waals surface area contributed by atoms with Crippen molar-refractivity contribution in [3.63, 3.8) is 0 Å². The fourth-order valence-corrected chi connectivity index (χ4v) is 3.30. The van der Waals surface area contributed by atoms with Gasteiger partial charge in [0.05, 0.1) is 18.6 Å². The van der Waals surface area contributed by atoms with Crippen LogP contribution in [0, 0.1) is 0 Å². The Bertz CT molecular complexity index is 720. The van der Waals surface area contributed by atoms with E-state index in [1.165, 1.54) is 5.56 Å². The highest BCUT2D eigenvalue weighted by atomic mass is 79.9. The molecule has 0 fully saturated rings. The summed E-state index contributed by atoms with van der Waals surface area (Å²) >= 11 is 5.00. The largest absolute Gasteiger partial charge is 0.494 e. The molecule has 0 atom stereocenters. The Morgan fingerprint density at radius 2 is 2.08 bits per heavy atom. The van der Waals surface area contributed by atoms with Gasteiger partial charge in [-0.1, -0.05) is 41.4 Å². The molecule has 0 radical (unpaired) electrons. The number of unbranched alkanes of at least 4 members (excludes halogenated alkanes) is 1. The molecule has 138 valence electrons. The molecule has 0 spiro atoms. The number of rotatable bonds is 10. The Hall–Kier alpha value is -1.79. The van der Waals surface area contributed by atoms with Crippen LogP contribution in [0.15, 0.2) is 58.1 Å². The molecule has 4 nitrogen and oxygen atoms in total. The number of nitrogens with zero attached hydrogens (tertiary/aromatic N) is 1. The standard InChI is InChI=1S/C20H23BrN2O2S/c1-2-3-11-25-19-9-7-16(8-10-19)13-22-23-20(24)15-26-14-17-5-4-6-18(21)12-17/h4-10,12-13H,2-3,11,14-15H2,1H3,(H,23,24)/b22-13-. The number of carbonyl (C=O) groups is 1. The Labute approximate surface area is 167 Å². The summed E-state index contributed by atoms with van der Waals surface area (Å²) in [6.45, 7) is 2.87. The Morgan fingerprint density at radius 3 is 2.81 bits per heavy atom. The Balaban J connectivity index is 1.67. The minimum absolute atomic E-state index is 0.110. The van der Waals surface area contributed by atoms with Crippen molar-refractivity contribution in [2.24, 2.45) is 5.10 Å². The summed E-state index contributed by atoms with van der Waals surface area (Å²) < 4.78 is 6.66. The van der Waals surface area contributed by atoms with Crippen molar-refractivity contribution in [2.75, 3.05) is 12.4 Å². The molecule has 6 heteroatoms. The fraction of sp³-hybridized carbons (Fsp3) is 0.300. The van der Waals surface area contributed by atoms with E-state index >= 15 is 0 Å². The first-order valence-electron chi connectivity index (χ1n) is 8.54. The van der Waals surface area contributed by atoms with Crippen LogP contribution in [-0.4, -0.2) is 24.5 Å². The Kier molecular flexibility index (Phi) is 9.28. The molecule has 26 heavy (non-hydrogen) atoms. The van der Waals surface area contributed by atoms with Gasteiger partial charge in [0.15, 0.2) is 0 Å². The van der Waals surface area contributed by atoms with Crippen LogP contribution in [0.5, 0.6) is 5.75 Å². The van der Waals surface area contributed by atoms with Gasteiger partial charge in [0, 0.05) is 10.2 Å². The number of thioether (sulfide) groups is 1. The minimum Gasteiger partial charge on any atom is -0.494 e. The van der Waals surface area contributed by atoms with E-state index < -0.39 is 0 Å². The lowest BCUT2D eigenvalue weighted by atomic mass is 10.2. The average molecular weight is 435 g/mol. The van der Waals surface area contributed by atoms with Gasteiger partial charge in [-0.25, -0.2) is 5.43 Å². The number of hydrazone groups is 1. The van der Waals surface area contributed by atoms with Crippen molar-refractivity contribution in [3.05, 3.63) is 64.1 Å². The predicted octanol–water partition coefficient (Wildman–Crippen LogP) is 5.01. The minimum atomic E-state index is -0.110. The van der Waals surface area contributed by atoms with Crippen LogP contribution in [0.2, 0.25) is 0 Å². The normalized spacial score (nSPS) is 10.8. The third-order valence-electron chi connectivity index (χ3n) is 3.44. The van der Waals surface area contributed by atoms with Crippen LogP contribution in [0.3, 0.4) is 0 Å². The summed E-state index contributed by atoms with van der Waals surface area (Å²) in [5, 5.41) is 4.00. The van der Waals surface area contributed by atoms with Gasteiger partial charge in [0.1, 0.15) is 5.75 Å². The number of hydrogen-bond donors (Lipinski definition) is 1. The summed E-state index contributed by atoms with van der Waals surface area (Å²) in [6.07, 6.45) is 3.80. The van der Waals surface area contributed by atoms with E-state index in [9.17, 15) is 4.79 Å². The predicted molar refractivity (Wildman–Crippen MR) is 113 cm³/mol. The van der Waals surface area contributed by atoms with Crippen molar-refractivity contribution in [3.8, 4) is 5.75 Å². The zero-order valence-corrected chi connectivity index (χ0v) is 17.2. The second-order valence-corrected chi connectivity index (χ2v) is 7.59. The van der Waals surface area contributed by atoms with Gasteiger partial charge in [0.2, 0.25) is 5.91 Å². The molecule has 0 aromatic heterocycles. The highest BCUT2D eigenvalue weighted by Crippen LogP contribution is 2.16. The molecule has 0 heterocycles. The van der Waals surface area contributed by atoms with Crippen LogP contribution < -0.4 is 10.2 Å². The molecule has 0 bridgehead atoms. The van der Waals surface area contributed by atoms with Crippen molar-refractivity contribution < 1.29 is 9.53 Å². The second-order valence-electron chi connectivity index (χ2n) is 5.69. The van der Waals surface area contributed by atoms with E-state index in [-0.39, 0.29) is 5.91 Å². The van der Waals surface area contributed by atoms with Crippen molar-refractivity contribution in [2.45, 2.75) is 25.5 Å². The second kappa shape index (κ2) is 11.8. The molecule has 0 aliphatic heterocycles. The summed E-state index contributed by atoms with van der Waals surface area (Å²) in [5.74, 6) is 1.90. The van der Waals surface area contributed by atoms with E-state index in [0.29, 0.717) is 5.75 Å². The molecule has 1 N–H and O–H groups in total. The molecule has 1 amide bonds. The lowest BCUT2D eigenvalue weighted by Crippen LogP contribution is -2.19. The summed E-state index contributed by atoms with van der Waals surface area (Å²) in [4.78, 5) is 11.8. The number of hydrogen-bond acceptors (Lipinski definition) is 4. The fourth-order valence-electron chi connectivity index (χ4n) is 2.08. The first-order chi connectivity index (χ1) is 12.7. The summed E-state index contributed by atoms with van der Waals surface area (Å²) in [7, 11) is 0. The van der Waals surface area contributed by atoms with Crippen LogP contribution >= 0.6 is 27.7 Å². The molecular formula is C20H23BrN2O2S. The van der Waals surface area contributed by atoms with Crippen molar-refractivity contribution in [1.29, 1.82) is 0 Å². The van der Waals surface area contributed by atoms with E-state index in [0.717, 1.165) is 41.0 Å². The van der Waals surface area contributed by atoms with Gasteiger partial charge in [-0.2, -0.15) is 5.10 Å². The number of benzene rings is 2. The van der Waals surface area contributed by atoms with E-state index in [4.69, 9.17) is 4.74 Å². The maximum absolute atomic E-state index is 11.8. The molecule has 2 rings (SSSR count). The SMILES string of the molecule is CCCCOc1ccc(/C=N\NC(=O)CSCc2cccc(Br)c2)cc1. The van der Waals surface area contributed by atoms with Gasteiger partial charge in [-0.05, 0) is 53.9 Å². The van der Waals surface area contributed by atoms with Crippen LogP contribution in [0.1, 0.15) is 30.9 Å². The number of nitrogens with one attached hydrogen (secondary N) is 1. The average Bonchev–Trinajstić information content (AvgIpc) is 2.63. The first kappa shape index (κ1) is 20.5. The molecule has 0 saturated carbocycles. The lowest BCUT2D eigenvalue weighted by Gasteiger charge is -2.05. The zero-order chi connectivity index (χ0) is 18.6. The first-order valence-corrected chi connectivity index (χ1v) is 10.5. The van der Waals surface area contributed by atoms with Crippen molar-refractivity contribution >= 4 is 39.8 Å². The summed E-state index contributed by atoms with van der Waals surface area (Å²) in [5.41, 5.74) is 4.65. The molecule has 0 unspecified atom stereocenters. The number of ether oxygens (including phenoxy) is 1. The highest BCUT2D eigenvalue weighted by molar-refractivity contribution is 9.10. The van der Waals surface area contributed by atoms with Gasteiger partial charge in [-0.3, -0.25) is 4.79 Å². The Morgan fingerprint density at radius 1 is 1.27 bits per heavy atom. The third kappa shape index (κ3) is 8.06. The molecule has 2 aromatic carbocycles. The van der Waals surface area contributed by atoms with Gasteiger partial charge < -0.3 is 4.74 Å². The third-order valence-corrected chi connectivity index (χ3v) is 4.94. The molecule has 0 saturated heterocycles. The topological polar surface area (TPSA) is 50.7 Å². The molecular weight excluding hydrogens is 412 g/mol.